The third kappa shape index (κ3) is 3.90. The van der Waals surface area contributed by atoms with E-state index in [2.05, 4.69) is 18.3 Å². The van der Waals surface area contributed by atoms with Gasteiger partial charge in [-0.05, 0) is 37.1 Å². The summed E-state index contributed by atoms with van der Waals surface area (Å²) in [6.07, 6.45) is 0.749. The number of halogens is 1. The van der Waals surface area contributed by atoms with E-state index in [1.54, 1.807) is 7.11 Å². The normalized spacial score (nSPS) is 13.5. The minimum Gasteiger partial charge on any atom is -0.496 e. The fourth-order valence-corrected chi connectivity index (χ4v) is 2.51. The predicted molar refractivity (Wildman–Crippen MR) is 89.2 cm³/mol. The van der Waals surface area contributed by atoms with Crippen molar-refractivity contribution in [2.45, 2.75) is 18.9 Å². The Hall–Kier alpha value is -1.71. The second kappa shape index (κ2) is 6.83. The summed E-state index contributed by atoms with van der Waals surface area (Å²) in [5.74, 6) is 0.873. The van der Waals surface area contributed by atoms with Crippen LogP contribution in [0.3, 0.4) is 0 Å². The molecule has 0 heterocycles. The topological polar surface area (TPSA) is 47.3 Å². The Morgan fingerprint density at radius 2 is 1.81 bits per heavy atom. The van der Waals surface area contributed by atoms with E-state index in [1.807, 2.05) is 42.5 Å². The average Bonchev–Trinajstić information content (AvgIpc) is 2.50. The molecule has 3 N–H and O–H groups in total. The number of benzene rings is 2. The lowest BCUT2D eigenvalue weighted by Crippen LogP contribution is -2.44. The first kappa shape index (κ1) is 15.7. The first-order valence-corrected chi connectivity index (χ1v) is 7.30. The summed E-state index contributed by atoms with van der Waals surface area (Å²) in [5, 5.41) is 4.15. The molecule has 0 aliphatic carbocycles. The average molecular weight is 305 g/mol. The molecule has 2 aromatic carbocycles. The van der Waals surface area contributed by atoms with Crippen molar-refractivity contribution in [1.29, 1.82) is 0 Å². The third-order valence-corrected chi connectivity index (χ3v) is 3.86. The van der Waals surface area contributed by atoms with Crippen LogP contribution in [0.15, 0.2) is 48.5 Å². The largest absolute Gasteiger partial charge is 0.496 e. The Balaban J connectivity index is 2.23. The lowest BCUT2D eigenvalue weighted by molar-refractivity contribution is 0.403. The lowest BCUT2D eigenvalue weighted by atomic mass is 9.92. The Morgan fingerprint density at radius 3 is 2.48 bits per heavy atom. The van der Waals surface area contributed by atoms with Gasteiger partial charge < -0.3 is 15.8 Å². The molecule has 112 valence electrons. The molecule has 0 aromatic heterocycles. The van der Waals surface area contributed by atoms with E-state index in [1.165, 1.54) is 0 Å². The van der Waals surface area contributed by atoms with E-state index in [0.717, 1.165) is 23.4 Å². The molecule has 3 nitrogen and oxygen atoms in total. The standard InChI is InChI=1S/C17H21ClN2O/c1-17(12-19,20-15-9-5-4-8-14(15)18)11-13-7-3-6-10-16(13)21-2/h3-10,20H,11-12,19H2,1-2H3. The van der Waals surface area contributed by atoms with Crippen LogP contribution < -0.4 is 15.8 Å². The molecule has 0 aliphatic heterocycles. The minimum absolute atomic E-state index is 0.306. The molecule has 0 saturated heterocycles. The van der Waals surface area contributed by atoms with Gasteiger partial charge in [0.05, 0.1) is 23.4 Å². The highest BCUT2D eigenvalue weighted by Gasteiger charge is 2.25. The molecule has 1 unspecified atom stereocenters. The van der Waals surface area contributed by atoms with Crippen LogP contribution in [0.4, 0.5) is 5.69 Å². The van der Waals surface area contributed by atoms with Gasteiger partial charge in [-0.25, -0.2) is 0 Å². The summed E-state index contributed by atoms with van der Waals surface area (Å²) in [4.78, 5) is 0. The van der Waals surface area contributed by atoms with Crippen molar-refractivity contribution in [2.75, 3.05) is 19.0 Å². The molecule has 0 aliphatic rings. The zero-order chi connectivity index (χ0) is 15.3. The van der Waals surface area contributed by atoms with Gasteiger partial charge in [0.2, 0.25) is 0 Å². The molecule has 2 rings (SSSR count). The lowest BCUT2D eigenvalue weighted by Gasteiger charge is -2.31. The minimum atomic E-state index is -0.306. The Kier molecular flexibility index (Phi) is 5.10. The highest BCUT2D eigenvalue weighted by Crippen LogP contribution is 2.28. The molecular formula is C17H21ClN2O. The van der Waals surface area contributed by atoms with E-state index in [9.17, 15) is 0 Å². The van der Waals surface area contributed by atoms with Gasteiger partial charge >= 0.3 is 0 Å². The number of methoxy groups -OCH3 is 1. The number of hydrogen-bond acceptors (Lipinski definition) is 3. The number of ether oxygens (including phenoxy) is 1. The van der Waals surface area contributed by atoms with E-state index < -0.39 is 0 Å². The van der Waals surface area contributed by atoms with Crippen LogP contribution in [-0.2, 0) is 6.42 Å². The smallest absolute Gasteiger partial charge is 0.122 e. The van der Waals surface area contributed by atoms with Crippen LogP contribution in [-0.4, -0.2) is 19.2 Å². The highest BCUT2D eigenvalue weighted by atomic mass is 35.5. The van der Waals surface area contributed by atoms with Crippen LogP contribution in [0.2, 0.25) is 5.02 Å². The van der Waals surface area contributed by atoms with Crippen molar-refractivity contribution in [2.24, 2.45) is 5.73 Å². The SMILES string of the molecule is COc1ccccc1CC(C)(CN)Nc1ccccc1Cl. The van der Waals surface area contributed by atoms with Gasteiger partial charge in [0.1, 0.15) is 5.75 Å². The monoisotopic (exact) mass is 304 g/mol. The third-order valence-electron chi connectivity index (χ3n) is 3.53. The Labute approximate surface area is 131 Å². The van der Waals surface area contributed by atoms with Gasteiger partial charge in [-0.2, -0.15) is 0 Å². The van der Waals surface area contributed by atoms with Gasteiger partial charge in [0.15, 0.2) is 0 Å². The van der Waals surface area contributed by atoms with Crippen molar-refractivity contribution in [3.8, 4) is 5.75 Å². The molecule has 0 amide bonds. The quantitative estimate of drug-likeness (QED) is 0.855. The van der Waals surface area contributed by atoms with Gasteiger partial charge in [0.25, 0.3) is 0 Å². The van der Waals surface area contributed by atoms with Crippen molar-refractivity contribution in [3.63, 3.8) is 0 Å². The maximum atomic E-state index is 6.22. The van der Waals surface area contributed by atoms with Crippen LogP contribution in [0.25, 0.3) is 0 Å². The number of nitrogens with one attached hydrogen (secondary N) is 1. The first-order valence-electron chi connectivity index (χ1n) is 6.92. The molecule has 4 heteroatoms. The van der Waals surface area contributed by atoms with Gasteiger partial charge in [-0.1, -0.05) is 41.9 Å². The van der Waals surface area contributed by atoms with E-state index in [-0.39, 0.29) is 5.54 Å². The van der Waals surface area contributed by atoms with Crippen molar-refractivity contribution in [3.05, 3.63) is 59.1 Å². The fraction of sp³-hybridized carbons (Fsp3) is 0.294. The molecular weight excluding hydrogens is 284 g/mol. The second-order valence-corrected chi connectivity index (χ2v) is 5.77. The molecule has 21 heavy (non-hydrogen) atoms. The summed E-state index contributed by atoms with van der Waals surface area (Å²) >= 11 is 6.22. The first-order chi connectivity index (χ1) is 10.1. The van der Waals surface area contributed by atoms with E-state index in [4.69, 9.17) is 22.1 Å². The molecule has 0 saturated carbocycles. The number of rotatable bonds is 6. The van der Waals surface area contributed by atoms with E-state index >= 15 is 0 Å². The van der Waals surface area contributed by atoms with Gasteiger partial charge in [0, 0.05) is 6.54 Å². The predicted octanol–water partition coefficient (Wildman–Crippen LogP) is 3.72. The van der Waals surface area contributed by atoms with Crippen LogP contribution in [0.5, 0.6) is 5.75 Å². The van der Waals surface area contributed by atoms with Gasteiger partial charge in [-0.15, -0.1) is 0 Å². The Bertz CT molecular complexity index is 603. The summed E-state index contributed by atoms with van der Waals surface area (Å²) in [6, 6.07) is 15.7. The molecule has 0 bridgehead atoms. The molecule has 2 aromatic rings. The molecule has 0 radical (unpaired) electrons. The fourth-order valence-electron chi connectivity index (χ4n) is 2.32. The summed E-state index contributed by atoms with van der Waals surface area (Å²) in [6.45, 7) is 2.57. The summed E-state index contributed by atoms with van der Waals surface area (Å²) in [5.41, 5.74) is 7.70. The second-order valence-electron chi connectivity index (χ2n) is 5.36. The summed E-state index contributed by atoms with van der Waals surface area (Å²) in [7, 11) is 1.68. The number of anilines is 1. The van der Waals surface area contributed by atoms with Crippen LogP contribution >= 0.6 is 11.6 Å². The molecule has 1 atom stereocenters. The van der Waals surface area contributed by atoms with Crippen LogP contribution in [0.1, 0.15) is 12.5 Å². The number of hydrogen-bond donors (Lipinski definition) is 2. The Morgan fingerprint density at radius 1 is 1.14 bits per heavy atom. The van der Waals surface area contributed by atoms with Gasteiger partial charge in [-0.3, -0.25) is 0 Å². The zero-order valence-electron chi connectivity index (χ0n) is 12.4. The number of para-hydroxylation sites is 2. The molecule has 0 fully saturated rings. The van der Waals surface area contributed by atoms with Crippen molar-refractivity contribution < 1.29 is 4.74 Å². The number of nitrogens with two attached hydrogens (primary N) is 1. The van der Waals surface area contributed by atoms with Crippen LogP contribution in [0, 0.1) is 0 Å². The molecule has 0 spiro atoms. The zero-order valence-corrected chi connectivity index (χ0v) is 13.2. The maximum Gasteiger partial charge on any atom is 0.122 e. The van der Waals surface area contributed by atoms with E-state index in [0.29, 0.717) is 11.6 Å². The highest BCUT2D eigenvalue weighted by molar-refractivity contribution is 6.33. The summed E-state index contributed by atoms with van der Waals surface area (Å²) < 4.78 is 5.41. The van der Waals surface area contributed by atoms with Crippen molar-refractivity contribution >= 4 is 17.3 Å². The van der Waals surface area contributed by atoms with Crippen molar-refractivity contribution in [1.82, 2.24) is 0 Å². The maximum absolute atomic E-state index is 6.22.